The van der Waals surface area contributed by atoms with E-state index in [2.05, 4.69) is 22.2 Å². The fourth-order valence-corrected chi connectivity index (χ4v) is 2.25. The molecule has 1 N–H and O–H groups in total. The molecule has 4 nitrogen and oxygen atoms in total. The van der Waals surface area contributed by atoms with Gasteiger partial charge in [0.1, 0.15) is 17.9 Å². The first-order valence-corrected chi connectivity index (χ1v) is 6.20. The number of ether oxygens (including phenoxy) is 1. The smallest absolute Gasteiger partial charge is 0.133 e. The van der Waals surface area contributed by atoms with Crippen molar-refractivity contribution in [2.24, 2.45) is 0 Å². The van der Waals surface area contributed by atoms with E-state index in [0.717, 1.165) is 41.4 Å². The number of nitrogens with one attached hydrogen (secondary N) is 1. The molecule has 0 saturated carbocycles. The van der Waals surface area contributed by atoms with Gasteiger partial charge in [0.25, 0.3) is 0 Å². The molecule has 2 aromatic rings. The lowest BCUT2D eigenvalue weighted by atomic mass is 10.0. The van der Waals surface area contributed by atoms with Gasteiger partial charge in [0, 0.05) is 24.1 Å². The van der Waals surface area contributed by atoms with Gasteiger partial charge in [0.05, 0.1) is 12.3 Å². The summed E-state index contributed by atoms with van der Waals surface area (Å²) in [5.74, 6) is 1.82. The van der Waals surface area contributed by atoms with E-state index in [1.165, 1.54) is 0 Å². The summed E-state index contributed by atoms with van der Waals surface area (Å²) >= 11 is 0. The molecule has 3 rings (SSSR count). The minimum Gasteiger partial charge on any atom is -0.493 e. The number of nitrogens with zero attached hydrogens (tertiary/aromatic N) is 2. The molecule has 0 amide bonds. The summed E-state index contributed by atoms with van der Waals surface area (Å²) in [6, 6.07) is 8.02. The molecular weight excluding hydrogens is 226 g/mol. The highest BCUT2D eigenvalue weighted by atomic mass is 16.5. The number of benzene rings is 1. The summed E-state index contributed by atoms with van der Waals surface area (Å²) in [7, 11) is 0. The fraction of sp³-hybridized carbons (Fsp3) is 0.286. The van der Waals surface area contributed by atoms with Crippen LogP contribution >= 0.6 is 0 Å². The largest absolute Gasteiger partial charge is 0.493 e. The van der Waals surface area contributed by atoms with Crippen molar-refractivity contribution in [3.63, 3.8) is 0 Å². The predicted molar refractivity (Wildman–Crippen MR) is 70.8 cm³/mol. The van der Waals surface area contributed by atoms with Crippen LogP contribution in [0.2, 0.25) is 0 Å². The first kappa shape index (κ1) is 11.0. The van der Waals surface area contributed by atoms with Gasteiger partial charge in [-0.25, -0.2) is 9.97 Å². The summed E-state index contributed by atoms with van der Waals surface area (Å²) in [6.45, 7) is 3.58. The van der Waals surface area contributed by atoms with Gasteiger partial charge in [0.15, 0.2) is 0 Å². The van der Waals surface area contributed by atoms with Gasteiger partial charge in [0.2, 0.25) is 0 Å². The third-order valence-electron chi connectivity index (χ3n) is 3.04. The molecule has 0 radical (unpaired) electrons. The van der Waals surface area contributed by atoms with Crippen molar-refractivity contribution in [2.75, 3.05) is 18.5 Å². The molecule has 0 unspecified atom stereocenters. The molecule has 0 bridgehead atoms. The summed E-state index contributed by atoms with van der Waals surface area (Å²) in [6.07, 6.45) is 2.44. The maximum Gasteiger partial charge on any atom is 0.133 e. The van der Waals surface area contributed by atoms with E-state index in [9.17, 15) is 0 Å². The molecule has 0 fully saturated rings. The lowest BCUT2D eigenvalue weighted by Crippen LogP contribution is -2.07. The van der Waals surface area contributed by atoms with Gasteiger partial charge in [-0.3, -0.25) is 0 Å². The Kier molecular flexibility index (Phi) is 2.84. The number of hydrogen-bond acceptors (Lipinski definition) is 4. The molecule has 0 aliphatic carbocycles. The van der Waals surface area contributed by atoms with E-state index >= 15 is 0 Å². The van der Waals surface area contributed by atoms with Gasteiger partial charge < -0.3 is 10.1 Å². The van der Waals surface area contributed by atoms with Crippen molar-refractivity contribution in [3.05, 3.63) is 36.2 Å². The Morgan fingerprint density at radius 1 is 1.28 bits per heavy atom. The van der Waals surface area contributed by atoms with E-state index in [-0.39, 0.29) is 0 Å². The minimum atomic E-state index is 0.662. The van der Waals surface area contributed by atoms with Gasteiger partial charge in [-0.05, 0) is 19.1 Å². The second-order valence-corrected chi connectivity index (χ2v) is 4.17. The van der Waals surface area contributed by atoms with Crippen molar-refractivity contribution < 1.29 is 4.74 Å². The van der Waals surface area contributed by atoms with Crippen LogP contribution in [0.1, 0.15) is 12.5 Å². The minimum absolute atomic E-state index is 0.662. The molecule has 92 valence electrons. The second-order valence-electron chi connectivity index (χ2n) is 4.17. The SMILES string of the molecule is CCNc1ncnc2c1CCOc1ccccc1-2. The summed E-state index contributed by atoms with van der Waals surface area (Å²) in [4.78, 5) is 8.75. The number of aromatic nitrogens is 2. The van der Waals surface area contributed by atoms with Crippen molar-refractivity contribution in [3.8, 4) is 17.0 Å². The van der Waals surface area contributed by atoms with Crippen LogP contribution in [0.15, 0.2) is 30.6 Å². The van der Waals surface area contributed by atoms with Crippen LogP contribution in [0, 0.1) is 0 Å². The molecule has 0 atom stereocenters. The molecule has 4 heteroatoms. The predicted octanol–water partition coefficient (Wildman–Crippen LogP) is 2.51. The average molecular weight is 241 g/mol. The third kappa shape index (κ3) is 1.79. The summed E-state index contributed by atoms with van der Waals surface area (Å²) in [5.41, 5.74) is 3.17. The Morgan fingerprint density at radius 3 is 3.06 bits per heavy atom. The zero-order chi connectivity index (χ0) is 12.4. The fourth-order valence-electron chi connectivity index (χ4n) is 2.25. The normalized spacial score (nSPS) is 12.9. The highest BCUT2D eigenvalue weighted by molar-refractivity contribution is 5.74. The maximum atomic E-state index is 5.77. The maximum absolute atomic E-state index is 5.77. The Morgan fingerprint density at radius 2 is 2.17 bits per heavy atom. The molecule has 1 aromatic heterocycles. The van der Waals surface area contributed by atoms with Gasteiger partial charge in [-0.2, -0.15) is 0 Å². The first-order chi connectivity index (χ1) is 8.90. The second kappa shape index (κ2) is 4.64. The summed E-state index contributed by atoms with van der Waals surface area (Å²) < 4.78 is 5.77. The van der Waals surface area contributed by atoms with Gasteiger partial charge in [-0.1, -0.05) is 12.1 Å². The van der Waals surface area contributed by atoms with E-state index in [1.807, 2.05) is 24.3 Å². The highest BCUT2D eigenvalue weighted by Crippen LogP contribution is 2.35. The van der Waals surface area contributed by atoms with Crippen LogP contribution < -0.4 is 10.1 Å². The van der Waals surface area contributed by atoms with E-state index in [0.29, 0.717) is 6.61 Å². The van der Waals surface area contributed by atoms with Crippen LogP contribution in [-0.4, -0.2) is 23.1 Å². The molecule has 1 aliphatic heterocycles. The Balaban J connectivity index is 2.18. The van der Waals surface area contributed by atoms with Gasteiger partial charge >= 0.3 is 0 Å². The van der Waals surface area contributed by atoms with Crippen molar-refractivity contribution in [1.82, 2.24) is 9.97 Å². The number of anilines is 1. The van der Waals surface area contributed by atoms with Crippen LogP contribution in [0.5, 0.6) is 5.75 Å². The van der Waals surface area contributed by atoms with E-state index in [1.54, 1.807) is 6.33 Å². The molecule has 0 saturated heterocycles. The quantitative estimate of drug-likeness (QED) is 0.877. The Labute approximate surface area is 106 Å². The van der Waals surface area contributed by atoms with Crippen molar-refractivity contribution in [1.29, 1.82) is 0 Å². The first-order valence-electron chi connectivity index (χ1n) is 6.20. The lowest BCUT2D eigenvalue weighted by molar-refractivity contribution is 0.326. The third-order valence-corrected chi connectivity index (χ3v) is 3.04. The topological polar surface area (TPSA) is 47.0 Å². The van der Waals surface area contributed by atoms with Crippen molar-refractivity contribution >= 4 is 5.82 Å². The molecular formula is C14H15N3O. The zero-order valence-electron chi connectivity index (χ0n) is 10.3. The lowest BCUT2D eigenvalue weighted by Gasteiger charge is -2.10. The van der Waals surface area contributed by atoms with Crippen LogP contribution in [0.4, 0.5) is 5.82 Å². The van der Waals surface area contributed by atoms with Gasteiger partial charge in [-0.15, -0.1) is 0 Å². The van der Waals surface area contributed by atoms with Crippen LogP contribution in [0.3, 0.4) is 0 Å². The van der Waals surface area contributed by atoms with E-state index < -0.39 is 0 Å². The van der Waals surface area contributed by atoms with Crippen LogP contribution in [0.25, 0.3) is 11.3 Å². The monoisotopic (exact) mass is 241 g/mol. The molecule has 2 heterocycles. The Bertz CT molecular complexity index is 569. The standard InChI is InChI=1S/C14H15N3O/c1-2-15-14-11-7-8-18-12-6-4-3-5-10(12)13(11)16-9-17-14/h3-6,9H,2,7-8H2,1H3,(H,15,16,17). The molecule has 1 aliphatic rings. The Hall–Kier alpha value is -2.10. The van der Waals surface area contributed by atoms with E-state index in [4.69, 9.17) is 4.74 Å². The summed E-state index contributed by atoms with van der Waals surface area (Å²) in [5, 5.41) is 3.29. The molecule has 1 aromatic carbocycles. The molecule has 0 spiro atoms. The number of para-hydroxylation sites is 1. The average Bonchev–Trinajstić information content (AvgIpc) is 2.59. The van der Waals surface area contributed by atoms with Crippen molar-refractivity contribution in [2.45, 2.75) is 13.3 Å². The molecule has 18 heavy (non-hydrogen) atoms. The zero-order valence-corrected chi connectivity index (χ0v) is 10.3. The number of fused-ring (bicyclic) bond motifs is 3. The highest BCUT2D eigenvalue weighted by Gasteiger charge is 2.19. The number of rotatable bonds is 2. The van der Waals surface area contributed by atoms with Crippen LogP contribution in [-0.2, 0) is 6.42 Å². The number of hydrogen-bond donors (Lipinski definition) is 1.